The van der Waals surface area contributed by atoms with Crippen LogP contribution in [0.3, 0.4) is 0 Å². The molecule has 0 amide bonds. The molecule has 11 aromatic rings. The van der Waals surface area contributed by atoms with E-state index in [4.69, 9.17) is 15.0 Å². The van der Waals surface area contributed by atoms with E-state index >= 15 is 0 Å². The zero-order valence-corrected chi connectivity index (χ0v) is 36.0. The second kappa shape index (κ2) is 14.1. The summed E-state index contributed by atoms with van der Waals surface area (Å²) in [4.78, 5) is 15.9. The van der Waals surface area contributed by atoms with Gasteiger partial charge in [-0.3, -0.25) is 0 Å². The molecule has 63 heavy (non-hydrogen) atoms. The highest BCUT2D eigenvalue weighted by Gasteiger charge is 2.38. The molecule has 12 rings (SSSR count). The molecule has 0 spiro atoms. The molecule has 0 radical (unpaired) electrons. The summed E-state index contributed by atoms with van der Waals surface area (Å²) >= 11 is 0. The molecule has 0 aliphatic heterocycles. The normalized spacial score (nSPS) is 14.5. The van der Waals surface area contributed by atoms with Crippen molar-refractivity contribution in [1.82, 2.24) is 19.5 Å². The van der Waals surface area contributed by atoms with Crippen LogP contribution in [0.5, 0.6) is 0 Å². The maximum absolute atomic E-state index is 5.35. The molecule has 0 fully saturated rings. The highest BCUT2D eigenvalue weighted by Crippen LogP contribution is 2.49. The minimum absolute atomic E-state index is 0.0839. The van der Waals surface area contributed by atoms with E-state index in [-0.39, 0.29) is 10.8 Å². The SMILES string of the molecule is CC1(C)CCC(C)(C)c2cc3c(cc21)c1ccccc1n3-c1ccc(-c2nc(-c3ccc4cc(-c5ccccc5)ccc4c3)nc(-c3cccc4ccccc34)n2)c2ccccc12. The standard InChI is InChI=1S/C59H46N4/c1-58(2)31-32-59(3,4)51-36-54-49(35-50(51)58)46-22-12-13-24-52(46)63(54)53-30-29-48(44-20-10-11-21-45(44)53)57-61-55(60-56(62-57)47-23-14-18-38-17-8-9-19-43(38)47)42-28-27-40-33-39(25-26-41(40)34-42)37-15-6-5-7-16-37/h5-30,33-36H,31-32H2,1-4H3. The Labute approximate surface area is 367 Å². The van der Waals surface area contributed by atoms with E-state index < -0.39 is 0 Å². The third kappa shape index (κ3) is 6.07. The Balaban J connectivity index is 1.07. The summed E-state index contributed by atoms with van der Waals surface area (Å²) in [5.41, 5.74) is 12.0. The molecule has 9 aromatic carbocycles. The smallest absolute Gasteiger partial charge is 0.164 e. The van der Waals surface area contributed by atoms with Crippen molar-refractivity contribution in [3.8, 4) is 51.0 Å². The number of para-hydroxylation sites is 1. The highest BCUT2D eigenvalue weighted by atomic mass is 15.0. The van der Waals surface area contributed by atoms with Gasteiger partial charge in [0.1, 0.15) is 0 Å². The first-order valence-electron chi connectivity index (χ1n) is 22.1. The number of aromatic nitrogens is 4. The van der Waals surface area contributed by atoms with Crippen LogP contribution in [-0.4, -0.2) is 19.5 Å². The van der Waals surface area contributed by atoms with Gasteiger partial charge in [0.05, 0.1) is 16.7 Å². The van der Waals surface area contributed by atoms with Crippen molar-refractivity contribution in [2.24, 2.45) is 0 Å². The highest BCUT2D eigenvalue weighted by molar-refractivity contribution is 6.12. The van der Waals surface area contributed by atoms with Crippen LogP contribution in [0.1, 0.15) is 51.7 Å². The van der Waals surface area contributed by atoms with Crippen molar-refractivity contribution < 1.29 is 0 Å². The van der Waals surface area contributed by atoms with Gasteiger partial charge < -0.3 is 4.57 Å². The quantitative estimate of drug-likeness (QED) is 0.174. The Kier molecular flexibility index (Phi) is 8.33. The summed E-state index contributed by atoms with van der Waals surface area (Å²) in [5, 5.41) is 9.37. The molecule has 0 unspecified atom stereocenters. The third-order valence-electron chi connectivity index (χ3n) is 13.9. The maximum Gasteiger partial charge on any atom is 0.164 e. The van der Waals surface area contributed by atoms with Gasteiger partial charge in [-0.25, -0.2) is 15.0 Å². The van der Waals surface area contributed by atoms with E-state index in [1.807, 2.05) is 0 Å². The Morgan fingerprint density at radius 3 is 1.70 bits per heavy atom. The van der Waals surface area contributed by atoms with Gasteiger partial charge in [0.25, 0.3) is 0 Å². The van der Waals surface area contributed by atoms with Gasteiger partial charge >= 0.3 is 0 Å². The molecule has 0 bridgehead atoms. The molecule has 1 aliphatic carbocycles. The van der Waals surface area contributed by atoms with Crippen LogP contribution in [0.2, 0.25) is 0 Å². The van der Waals surface area contributed by atoms with Gasteiger partial charge in [0.2, 0.25) is 0 Å². The fourth-order valence-corrected chi connectivity index (χ4v) is 10.3. The lowest BCUT2D eigenvalue weighted by molar-refractivity contribution is 0.332. The first-order chi connectivity index (χ1) is 30.7. The molecule has 4 nitrogen and oxygen atoms in total. The molecule has 2 heterocycles. The van der Waals surface area contributed by atoms with E-state index in [1.54, 1.807) is 0 Å². The second-order valence-electron chi connectivity index (χ2n) is 18.7. The first kappa shape index (κ1) is 37.3. The first-order valence-corrected chi connectivity index (χ1v) is 22.1. The van der Waals surface area contributed by atoms with E-state index in [9.17, 15) is 0 Å². The Hall–Kier alpha value is -7.43. The van der Waals surface area contributed by atoms with Crippen molar-refractivity contribution in [2.45, 2.75) is 51.4 Å². The molecule has 0 saturated carbocycles. The van der Waals surface area contributed by atoms with Crippen LogP contribution >= 0.6 is 0 Å². The number of benzene rings is 9. The summed E-state index contributed by atoms with van der Waals surface area (Å²) in [6.07, 6.45) is 2.35. The molecular formula is C59H46N4. The van der Waals surface area contributed by atoms with Gasteiger partial charge in [-0.05, 0) is 115 Å². The molecule has 0 N–H and O–H groups in total. The Morgan fingerprint density at radius 2 is 0.937 bits per heavy atom. The number of hydrogen-bond donors (Lipinski definition) is 0. The van der Waals surface area contributed by atoms with Gasteiger partial charge in [-0.1, -0.05) is 167 Å². The zero-order chi connectivity index (χ0) is 42.5. The molecule has 0 saturated heterocycles. The summed E-state index contributed by atoms with van der Waals surface area (Å²) in [5.74, 6) is 1.94. The van der Waals surface area contributed by atoms with Gasteiger partial charge in [0.15, 0.2) is 17.5 Å². The summed E-state index contributed by atoms with van der Waals surface area (Å²) < 4.78 is 2.49. The monoisotopic (exact) mass is 810 g/mol. The van der Waals surface area contributed by atoms with Gasteiger partial charge in [0, 0.05) is 32.8 Å². The van der Waals surface area contributed by atoms with Crippen molar-refractivity contribution in [1.29, 1.82) is 0 Å². The van der Waals surface area contributed by atoms with Crippen LogP contribution < -0.4 is 0 Å². The van der Waals surface area contributed by atoms with Crippen LogP contribution in [-0.2, 0) is 10.8 Å². The molecule has 4 heteroatoms. The van der Waals surface area contributed by atoms with Crippen molar-refractivity contribution in [3.05, 3.63) is 193 Å². The predicted molar refractivity (Wildman–Crippen MR) is 264 cm³/mol. The lowest BCUT2D eigenvalue weighted by atomic mass is 9.63. The van der Waals surface area contributed by atoms with Crippen LogP contribution in [0.4, 0.5) is 0 Å². The lowest BCUT2D eigenvalue weighted by Crippen LogP contribution is -2.33. The molecular weight excluding hydrogens is 765 g/mol. The van der Waals surface area contributed by atoms with Gasteiger partial charge in [-0.2, -0.15) is 0 Å². The molecule has 302 valence electrons. The number of hydrogen-bond acceptors (Lipinski definition) is 3. The summed E-state index contributed by atoms with van der Waals surface area (Å²) in [6, 6.07) is 65.7. The minimum atomic E-state index is 0.0839. The minimum Gasteiger partial charge on any atom is -0.309 e. The van der Waals surface area contributed by atoms with Crippen molar-refractivity contribution in [3.63, 3.8) is 0 Å². The fraction of sp³-hybridized carbons (Fsp3) is 0.136. The van der Waals surface area contributed by atoms with Crippen molar-refractivity contribution >= 4 is 54.1 Å². The Morgan fingerprint density at radius 1 is 0.365 bits per heavy atom. The van der Waals surface area contributed by atoms with Gasteiger partial charge in [-0.15, -0.1) is 0 Å². The summed E-state index contributed by atoms with van der Waals surface area (Å²) in [7, 11) is 0. The fourth-order valence-electron chi connectivity index (χ4n) is 10.3. The second-order valence-corrected chi connectivity index (χ2v) is 18.7. The van der Waals surface area contributed by atoms with E-state index in [2.05, 4.69) is 214 Å². The van der Waals surface area contributed by atoms with E-state index in [0.29, 0.717) is 17.5 Å². The number of rotatable bonds is 5. The molecule has 0 atom stereocenters. The largest absolute Gasteiger partial charge is 0.309 e. The predicted octanol–water partition coefficient (Wildman–Crippen LogP) is 15.4. The molecule has 1 aliphatic rings. The average Bonchev–Trinajstić information content (AvgIpc) is 3.65. The van der Waals surface area contributed by atoms with E-state index in [1.165, 1.54) is 62.3 Å². The topological polar surface area (TPSA) is 43.6 Å². The third-order valence-corrected chi connectivity index (χ3v) is 13.9. The average molecular weight is 811 g/mol. The van der Waals surface area contributed by atoms with Crippen LogP contribution in [0.25, 0.3) is 105 Å². The van der Waals surface area contributed by atoms with E-state index in [0.717, 1.165) is 49.3 Å². The zero-order valence-electron chi connectivity index (χ0n) is 36.0. The molecule has 2 aromatic heterocycles. The van der Waals surface area contributed by atoms with Crippen LogP contribution in [0.15, 0.2) is 182 Å². The number of nitrogens with zero attached hydrogens (tertiary/aromatic N) is 4. The lowest BCUT2D eigenvalue weighted by Gasteiger charge is -2.42. The van der Waals surface area contributed by atoms with Crippen molar-refractivity contribution in [2.75, 3.05) is 0 Å². The number of fused-ring (bicyclic) bond motifs is 7. The Bertz CT molecular complexity index is 3630. The van der Waals surface area contributed by atoms with Crippen LogP contribution in [0, 0.1) is 0 Å². The summed E-state index contributed by atoms with van der Waals surface area (Å²) in [6.45, 7) is 9.66. The maximum atomic E-state index is 5.35.